The van der Waals surface area contributed by atoms with Crippen LogP contribution in [0.3, 0.4) is 0 Å². The molecule has 0 N–H and O–H groups in total. The number of aryl methyl sites for hydroxylation is 1. The number of fused-ring (bicyclic) bond motifs is 1. The van der Waals surface area contributed by atoms with Crippen LogP contribution >= 0.6 is 27.3 Å². The smallest absolute Gasteiger partial charge is 0.208 e. The number of hydrogen-bond donors (Lipinski definition) is 0. The summed E-state index contributed by atoms with van der Waals surface area (Å²) in [5.41, 5.74) is 1.47. The zero-order valence-electron chi connectivity index (χ0n) is 10.3. The molecule has 2 heterocycles. The number of hydrogen-bond acceptors (Lipinski definition) is 3. The predicted octanol–water partition coefficient (Wildman–Crippen LogP) is 5.05. The molecule has 3 aromatic rings. The molecule has 0 radical (unpaired) electrons. The normalized spacial score (nSPS) is 11.1. The van der Waals surface area contributed by atoms with Gasteiger partial charge in [0.25, 0.3) is 0 Å². The minimum absolute atomic E-state index is 0.0312. The summed E-state index contributed by atoms with van der Waals surface area (Å²) in [6.45, 7) is 2.00. The Balaban J connectivity index is 2.24. The van der Waals surface area contributed by atoms with Gasteiger partial charge in [-0.1, -0.05) is 25.1 Å². The molecule has 0 bridgehead atoms. The van der Waals surface area contributed by atoms with Gasteiger partial charge in [0.2, 0.25) is 5.78 Å². The Morgan fingerprint density at radius 2 is 2.11 bits per heavy atom. The molecule has 1 aromatic carbocycles. The lowest BCUT2D eigenvalue weighted by atomic mass is 10.0. The summed E-state index contributed by atoms with van der Waals surface area (Å²) in [6.07, 6.45) is 0.707. The molecule has 2 aromatic heterocycles. The fourth-order valence-electron chi connectivity index (χ4n) is 2.16. The van der Waals surface area contributed by atoms with Gasteiger partial charge in [0.05, 0.1) is 10.4 Å². The lowest BCUT2D eigenvalue weighted by Gasteiger charge is -1.99. The number of carbonyl (C=O) groups excluding carboxylic acids is 1. The number of thiophene rings is 1. The molecule has 4 heteroatoms. The van der Waals surface area contributed by atoms with Gasteiger partial charge < -0.3 is 4.42 Å². The van der Waals surface area contributed by atoms with Crippen molar-refractivity contribution in [2.24, 2.45) is 0 Å². The van der Waals surface area contributed by atoms with Crippen molar-refractivity contribution in [2.75, 3.05) is 0 Å². The highest BCUT2D eigenvalue weighted by atomic mass is 79.9. The molecule has 0 saturated carbocycles. The summed E-state index contributed by atoms with van der Waals surface area (Å²) in [4.78, 5) is 13.4. The number of para-hydroxylation sites is 1. The van der Waals surface area contributed by atoms with E-state index in [0.717, 1.165) is 26.1 Å². The first-order valence-corrected chi connectivity index (χ1v) is 7.67. The first kappa shape index (κ1) is 12.6. The van der Waals surface area contributed by atoms with Crippen LogP contribution in [0.5, 0.6) is 0 Å². The Labute approximate surface area is 123 Å². The van der Waals surface area contributed by atoms with E-state index in [2.05, 4.69) is 15.9 Å². The van der Waals surface area contributed by atoms with E-state index < -0.39 is 0 Å². The minimum atomic E-state index is 0.0312. The van der Waals surface area contributed by atoms with Crippen LogP contribution in [-0.4, -0.2) is 5.78 Å². The molecule has 0 aliphatic heterocycles. The molecule has 0 unspecified atom stereocenters. The summed E-state index contributed by atoms with van der Waals surface area (Å²) < 4.78 is 6.62. The maximum atomic E-state index is 12.7. The van der Waals surface area contributed by atoms with E-state index >= 15 is 0 Å². The van der Waals surface area contributed by atoms with E-state index in [1.807, 2.05) is 42.6 Å². The third-order valence-electron chi connectivity index (χ3n) is 3.04. The van der Waals surface area contributed by atoms with Crippen LogP contribution in [0.1, 0.15) is 27.9 Å². The van der Waals surface area contributed by atoms with Gasteiger partial charge in [-0.05, 0) is 33.4 Å². The number of ketones is 1. The number of rotatable bonds is 3. The number of furan rings is 1. The van der Waals surface area contributed by atoms with Gasteiger partial charge in [0, 0.05) is 16.3 Å². The second kappa shape index (κ2) is 4.94. The third kappa shape index (κ3) is 2.05. The molecule has 0 saturated heterocycles. The first-order valence-electron chi connectivity index (χ1n) is 6.00. The molecule has 0 atom stereocenters. The number of benzene rings is 1. The number of halogens is 1. The van der Waals surface area contributed by atoms with Crippen molar-refractivity contribution in [3.8, 4) is 0 Å². The minimum Gasteiger partial charge on any atom is -0.460 e. The summed E-state index contributed by atoms with van der Waals surface area (Å²) in [7, 11) is 0. The molecular formula is C15H11BrO2S. The van der Waals surface area contributed by atoms with Crippen LogP contribution in [0, 0.1) is 0 Å². The second-order valence-electron chi connectivity index (χ2n) is 4.18. The van der Waals surface area contributed by atoms with Crippen LogP contribution < -0.4 is 0 Å². The van der Waals surface area contributed by atoms with Gasteiger partial charge in [-0.3, -0.25) is 4.79 Å². The molecule has 0 fully saturated rings. The highest BCUT2D eigenvalue weighted by molar-refractivity contribution is 9.10. The summed E-state index contributed by atoms with van der Waals surface area (Å²) in [5.74, 6) is 0.787. The third-order valence-corrected chi connectivity index (χ3v) is 4.88. The lowest BCUT2D eigenvalue weighted by molar-refractivity contribution is 0.104. The Bertz CT molecular complexity index is 754. The second-order valence-corrected chi connectivity index (χ2v) is 5.95. The first-order chi connectivity index (χ1) is 9.22. The zero-order valence-corrected chi connectivity index (χ0v) is 12.7. The van der Waals surface area contributed by atoms with Gasteiger partial charge in [-0.2, -0.15) is 0 Å². The van der Waals surface area contributed by atoms with Crippen LogP contribution in [0.15, 0.2) is 44.6 Å². The fourth-order valence-corrected chi connectivity index (χ4v) is 3.66. The molecular weight excluding hydrogens is 324 g/mol. The maximum Gasteiger partial charge on any atom is 0.208 e. The van der Waals surface area contributed by atoms with E-state index in [1.54, 1.807) is 0 Å². The monoisotopic (exact) mass is 334 g/mol. The lowest BCUT2D eigenvalue weighted by Crippen LogP contribution is -2.01. The average Bonchev–Trinajstić information content (AvgIpc) is 3.01. The number of carbonyl (C=O) groups is 1. The summed E-state index contributed by atoms with van der Waals surface area (Å²) in [5, 5.41) is 2.80. The standard InChI is InChI=1S/C15H11BrO2S/c1-2-11-13(9-5-3-4-6-12(9)18-11)14(17)15-10(16)7-8-19-15/h3-8H,2H2,1H3. The molecule has 0 aliphatic carbocycles. The summed E-state index contributed by atoms with van der Waals surface area (Å²) in [6, 6.07) is 9.57. The van der Waals surface area contributed by atoms with E-state index in [-0.39, 0.29) is 5.78 Å². The Morgan fingerprint density at radius 1 is 1.32 bits per heavy atom. The van der Waals surface area contributed by atoms with Crippen LogP contribution in [0.2, 0.25) is 0 Å². The zero-order chi connectivity index (χ0) is 13.4. The topological polar surface area (TPSA) is 30.2 Å². The molecule has 96 valence electrons. The van der Waals surface area contributed by atoms with Crippen LogP contribution in [-0.2, 0) is 6.42 Å². The SMILES string of the molecule is CCc1oc2ccccc2c1C(=O)c1sccc1Br. The average molecular weight is 335 g/mol. The molecule has 0 aliphatic rings. The van der Waals surface area contributed by atoms with E-state index in [0.29, 0.717) is 12.0 Å². The van der Waals surface area contributed by atoms with Gasteiger partial charge in [0.15, 0.2) is 0 Å². The highest BCUT2D eigenvalue weighted by Gasteiger charge is 2.23. The van der Waals surface area contributed by atoms with Gasteiger partial charge >= 0.3 is 0 Å². The van der Waals surface area contributed by atoms with Crippen molar-refractivity contribution in [2.45, 2.75) is 13.3 Å². The van der Waals surface area contributed by atoms with Crippen molar-refractivity contribution in [3.63, 3.8) is 0 Å². The quantitative estimate of drug-likeness (QED) is 0.627. The van der Waals surface area contributed by atoms with Gasteiger partial charge in [0.1, 0.15) is 11.3 Å². The molecule has 19 heavy (non-hydrogen) atoms. The van der Waals surface area contributed by atoms with Gasteiger partial charge in [-0.15, -0.1) is 11.3 Å². The highest BCUT2D eigenvalue weighted by Crippen LogP contribution is 2.32. The molecule has 0 spiro atoms. The Morgan fingerprint density at radius 3 is 2.79 bits per heavy atom. The van der Waals surface area contributed by atoms with Crippen molar-refractivity contribution >= 4 is 44.0 Å². The van der Waals surface area contributed by atoms with E-state index in [9.17, 15) is 4.79 Å². The molecule has 0 amide bonds. The van der Waals surface area contributed by atoms with Crippen molar-refractivity contribution in [1.82, 2.24) is 0 Å². The van der Waals surface area contributed by atoms with Gasteiger partial charge in [-0.25, -0.2) is 0 Å². The van der Waals surface area contributed by atoms with E-state index in [1.165, 1.54) is 11.3 Å². The maximum absolute atomic E-state index is 12.7. The van der Waals surface area contributed by atoms with Crippen molar-refractivity contribution < 1.29 is 9.21 Å². The van der Waals surface area contributed by atoms with Crippen molar-refractivity contribution in [1.29, 1.82) is 0 Å². The van der Waals surface area contributed by atoms with E-state index in [4.69, 9.17) is 4.42 Å². The van der Waals surface area contributed by atoms with Crippen LogP contribution in [0.4, 0.5) is 0 Å². The molecule has 3 rings (SSSR count). The van der Waals surface area contributed by atoms with Crippen LogP contribution in [0.25, 0.3) is 11.0 Å². The summed E-state index contributed by atoms with van der Waals surface area (Å²) >= 11 is 4.87. The Kier molecular flexibility index (Phi) is 3.29. The predicted molar refractivity (Wildman–Crippen MR) is 81.0 cm³/mol. The largest absolute Gasteiger partial charge is 0.460 e. The Hall–Kier alpha value is -1.39. The fraction of sp³-hybridized carbons (Fsp3) is 0.133. The van der Waals surface area contributed by atoms with Crippen molar-refractivity contribution in [3.05, 3.63) is 56.4 Å². The molecule has 2 nitrogen and oxygen atoms in total.